The lowest BCUT2D eigenvalue weighted by Crippen LogP contribution is -2.25. The molecular weight excluding hydrogens is 399 g/mol. The van der Waals surface area contributed by atoms with Crippen LogP contribution in [0.1, 0.15) is 16.8 Å². The highest BCUT2D eigenvalue weighted by Gasteiger charge is 2.28. The van der Waals surface area contributed by atoms with E-state index in [4.69, 9.17) is 0 Å². The van der Waals surface area contributed by atoms with E-state index in [2.05, 4.69) is 21.2 Å². The Hall–Kier alpha value is -1.93. The Labute approximate surface area is 147 Å². The molecule has 0 aliphatic carbocycles. The molecule has 0 radical (unpaired) electrons. The number of anilines is 2. The third kappa shape index (κ3) is 3.44. The third-order valence-electron chi connectivity index (χ3n) is 3.69. The first-order valence-electron chi connectivity index (χ1n) is 7.24. The van der Waals surface area contributed by atoms with E-state index in [9.17, 15) is 17.6 Å². The zero-order chi connectivity index (χ0) is 17.3. The number of carbonyl (C=O) groups is 1. The minimum Gasteiger partial charge on any atom is -0.322 e. The molecule has 0 bridgehead atoms. The molecule has 1 aliphatic rings. The van der Waals surface area contributed by atoms with Gasteiger partial charge < -0.3 is 5.32 Å². The molecule has 1 saturated heterocycles. The van der Waals surface area contributed by atoms with Gasteiger partial charge in [-0.3, -0.25) is 9.10 Å². The van der Waals surface area contributed by atoms with Gasteiger partial charge >= 0.3 is 0 Å². The van der Waals surface area contributed by atoms with Crippen LogP contribution < -0.4 is 9.62 Å². The molecule has 2 aromatic carbocycles. The van der Waals surface area contributed by atoms with Crippen LogP contribution in [0.25, 0.3) is 0 Å². The summed E-state index contributed by atoms with van der Waals surface area (Å²) >= 11 is 3.20. The summed E-state index contributed by atoms with van der Waals surface area (Å²) in [7, 11) is -3.24. The van der Waals surface area contributed by atoms with Crippen molar-refractivity contribution in [1.82, 2.24) is 0 Å². The molecule has 0 aromatic heterocycles. The predicted octanol–water partition coefficient (Wildman–Crippen LogP) is 3.38. The van der Waals surface area contributed by atoms with E-state index in [0.717, 1.165) is 0 Å². The van der Waals surface area contributed by atoms with E-state index >= 15 is 0 Å². The summed E-state index contributed by atoms with van der Waals surface area (Å²) in [5, 5.41) is 2.60. The Morgan fingerprint density at radius 2 is 1.88 bits per heavy atom. The zero-order valence-corrected chi connectivity index (χ0v) is 14.9. The molecule has 0 saturated carbocycles. The first kappa shape index (κ1) is 16.9. The van der Waals surface area contributed by atoms with Crippen molar-refractivity contribution >= 4 is 43.2 Å². The SMILES string of the molecule is O=C(Nc1ccc(N2CCCS2(=O)=O)cc1)c1cc(Br)ccc1F. The number of sulfonamides is 1. The molecule has 0 atom stereocenters. The van der Waals surface area contributed by atoms with Crippen LogP contribution in [-0.4, -0.2) is 26.6 Å². The molecule has 5 nitrogen and oxygen atoms in total. The zero-order valence-electron chi connectivity index (χ0n) is 12.5. The number of amides is 1. The van der Waals surface area contributed by atoms with Gasteiger partial charge in [-0.2, -0.15) is 0 Å². The van der Waals surface area contributed by atoms with Crippen LogP contribution in [0.2, 0.25) is 0 Å². The lowest BCUT2D eigenvalue weighted by Gasteiger charge is -2.17. The van der Waals surface area contributed by atoms with E-state index in [1.165, 1.54) is 22.5 Å². The topological polar surface area (TPSA) is 66.5 Å². The van der Waals surface area contributed by atoms with Crippen molar-refractivity contribution < 1.29 is 17.6 Å². The highest BCUT2D eigenvalue weighted by Crippen LogP contribution is 2.25. The van der Waals surface area contributed by atoms with Gasteiger partial charge in [-0.15, -0.1) is 0 Å². The van der Waals surface area contributed by atoms with Gasteiger partial charge in [0.2, 0.25) is 10.0 Å². The fourth-order valence-electron chi connectivity index (χ4n) is 2.51. The van der Waals surface area contributed by atoms with E-state index < -0.39 is 21.7 Å². The van der Waals surface area contributed by atoms with Crippen LogP contribution in [0, 0.1) is 5.82 Å². The lowest BCUT2D eigenvalue weighted by atomic mass is 10.2. The maximum Gasteiger partial charge on any atom is 0.258 e. The van der Waals surface area contributed by atoms with Crippen LogP contribution in [0.15, 0.2) is 46.9 Å². The van der Waals surface area contributed by atoms with Crippen molar-refractivity contribution in [2.24, 2.45) is 0 Å². The third-order valence-corrected chi connectivity index (χ3v) is 6.05. The van der Waals surface area contributed by atoms with Crippen LogP contribution in [0.5, 0.6) is 0 Å². The summed E-state index contributed by atoms with van der Waals surface area (Å²) in [6.07, 6.45) is 0.600. The molecule has 24 heavy (non-hydrogen) atoms. The number of rotatable bonds is 3. The van der Waals surface area contributed by atoms with Crippen molar-refractivity contribution in [1.29, 1.82) is 0 Å². The van der Waals surface area contributed by atoms with Gasteiger partial charge in [-0.05, 0) is 48.9 Å². The second-order valence-corrected chi connectivity index (χ2v) is 8.30. The second-order valence-electron chi connectivity index (χ2n) is 5.37. The highest BCUT2D eigenvalue weighted by atomic mass is 79.9. The molecule has 1 heterocycles. The molecular formula is C16H14BrFN2O3S. The summed E-state index contributed by atoms with van der Waals surface area (Å²) in [6.45, 7) is 0.456. The highest BCUT2D eigenvalue weighted by molar-refractivity contribution is 9.10. The summed E-state index contributed by atoms with van der Waals surface area (Å²) in [5.41, 5.74) is 0.939. The number of hydrogen-bond donors (Lipinski definition) is 1. The average Bonchev–Trinajstić information content (AvgIpc) is 2.90. The molecule has 126 valence electrons. The first-order valence-corrected chi connectivity index (χ1v) is 9.64. The van der Waals surface area contributed by atoms with Crippen LogP contribution in [-0.2, 0) is 10.0 Å². The van der Waals surface area contributed by atoms with Crippen molar-refractivity contribution in [3.05, 3.63) is 58.3 Å². The normalized spacial score (nSPS) is 16.2. The van der Waals surface area contributed by atoms with Gasteiger partial charge in [-0.1, -0.05) is 15.9 Å². The fraction of sp³-hybridized carbons (Fsp3) is 0.188. The molecule has 2 aromatic rings. The monoisotopic (exact) mass is 412 g/mol. The maximum atomic E-state index is 13.7. The molecule has 1 fully saturated rings. The number of hydrogen-bond acceptors (Lipinski definition) is 3. The van der Waals surface area contributed by atoms with E-state index in [1.54, 1.807) is 24.3 Å². The first-order chi connectivity index (χ1) is 11.4. The number of nitrogens with zero attached hydrogens (tertiary/aromatic N) is 1. The van der Waals surface area contributed by atoms with Gasteiger partial charge in [0.15, 0.2) is 0 Å². The molecule has 0 unspecified atom stereocenters. The number of benzene rings is 2. The Kier molecular flexibility index (Phi) is 4.60. The molecule has 3 rings (SSSR count). The van der Waals surface area contributed by atoms with Crippen LogP contribution >= 0.6 is 15.9 Å². The largest absolute Gasteiger partial charge is 0.322 e. The minimum absolute atomic E-state index is 0.0735. The quantitative estimate of drug-likeness (QED) is 0.839. The van der Waals surface area contributed by atoms with Gasteiger partial charge in [0.1, 0.15) is 5.82 Å². The second kappa shape index (κ2) is 6.52. The Morgan fingerprint density at radius 3 is 2.50 bits per heavy atom. The Bertz CT molecular complexity index is 885. The van der Waals surface area contributed by atoms with Crippen molar-refractivity contribution in [3.63, 3.8) is 0 Å². The number of carbonyl (C=O) groups excluding carboxylic acids is 1. The average molecular weight is 413 g/mol. The number of halogens is 2. The van der Waals surface area contributed by atoms with Gasteiger partial charge in [0.05, 0.1) is 17.0 Å². The maximum absolute atomic E-state index is 13.7. The smallest absolute Gasteiger partial charge is 0.258 e. The van der Waals surface area contributed by atoms with Crippen LogP contribution in [0.3, 0.4) is 0 Å². The predicted molar refractivity (Wildman–Crippen MR) is 94.2 cm³/mol. The minimum atomic E-state index is -3.24. The summed E-state index contributed by atoms with van der Waals surface area (Å²) in [6, 6.07) is 10.5. The van der Waals surface area contributed by atoms with Crippen molar-refractivity contribution in [2.45, 2.75) is 6.42 Å². The van der Waals surface area contributed by atoms with Crippen molar-refractivity contribution in [3.8, 4) is 0 Å². The van der Waals surface area contributed by atoms with Gasteiger partial charge in [0, 0.05) is 16.7 Å². The summed E-state index contributed by atoms with van der Waals surface area (Å²) in [4.78, 5) is 12.2. The standard InChI is InChI=1S/C16H14BrFN2O3S/c17-11-2-7-15(18)14(10-11)16(21)19-12-3-5-13(6-4-12)20-8-1-9-24(20,22)23/h2-7,10H,1,8-9H2,(H,19,21). The van der Waals surface area contributed by atoms with E-state index in [0.29, 0.717) is 28.8 Å². The van der Waals surface area contributed by atoms with E-state index in [-0.39, 0.29) is 11.3 Å². The van der Waals surface area contributed by atoms with Crippen molar-refractivity contribution in [2.75, 3.05) is 21.9 Å². The lowest BCUT2D eigenvalue weighted by molar-refractivity contribution is 0.102. The van der Waals surface area contributed by atoms with E-state index in [1.807, 2.05) is 0 Å². The van der Waals surface area contributed by atoms with Gasteiger partial charge in [-0.25, -0.2) is 12.8 Å². The Balaban J connectivity index is 1.77. The molecule has 8 heteroatoms. The van der Waals surface area contributed by atoms with Gasteiger partial charge in [0.25, 0.3) is 5.91 Å². The van der Waals surface area contributed by atoms with Crippen LogP contribution in [0.4, 0.5) is 15.8 Å². The molecule has 1 N–H and O–H groups in total. The summed E-state index contributed by atoms with van der Waals surface area (Å²) < 4.78 is 39.5. The molecule has 0 spiro atoms. The fourth-order valence-corrected chi connectivity index (χ4v) is 4.44. The molecule has 1 amide bonds. The number of nitrogens with one attached hydrogen (secondary N) is 1. The summed E-state index contributed by atoms with van der Waals surface area (Å²) in [5.74, 6) is -1.04. The Morgan fingerprint density at radius 1 is 1.17 bits per heavy atom. The molecule has 1 aliphatic heterocycles.